The van der Waals surface area contributed by atoms with Crippen LogP contribution in [0.5, 0.6) is 0 Å². The van der Waals surface area contributed by atoms with E-state index in [1.807, 2.05) is 0 Å². The predicted octanol–water partition coefficient (Wildman–Crippen LogP) is 1.88. The van der Waals surface area contributed by atoms with E-state index in [2.05, 4.69) is 31.1 Å². The number of hydrogen-bond acceptors (Lipinski definition) is 3. The zero-order valence-electron chi connectivity index (χ0n) is 11.4. The Morgan fingerprint density at radius 1 is 1.25 bits per heavy atom. The first-order valence-electron chi connectivity index (χ1n) is 6.66. The maximum atomic E-state index is 5.38. The van der Waals surface area contributed by atoms with Gasteiger partial charge in [0.25, 0.3) is 0 Å². The van der Waals surface area contributed by atoms with Crippen LogP contribution in [0.4, 0.5) is 0 Å². The summed E-state index contributed by atoms with van der Waals surface area (Å²) in [6.45, 7) is 7.62. The summed E-state index contributed by atoms with van der Waals surface area (Å²) in [7, 11) is 3.86. The number of nitrogens with one attached hydrogen (secondary N) is 1. The Morgan fingerprint density at radius 3 is 2.19 bits per heavy atom. The molecule has 1 aliphatic rings. The largest absolute Gasteiger partial charge is 0.383 e. The Labute approximate surface area is 101 Å². The molecular formula is C13H28N2O. The number of methoxy groups -OCH3 is 1. The van der Waals surface area contributed by atoms with E-state index in [1.165, 1.54) is 25.7 Å². The van der Waals surface area contributed by atoms with Gasteiger partial charge < -0.3 is 10.1 Å². The topological polar surface area (TPSA) is 24.5 Å². The highest BCUT2D eigenvalue weighted by atomic mass is 16.5. The second-order valence-electron chi connectivity index (χ2n) is 4.78. The highest BCUT2D eigenvalue weighted by molar-refractivity contribution is 5.02. The fraction of sp³-hybridized carbons (Fsp3) is 1.00. The molecule has 3 nitrogen and oxygen atoms in total. The van der Waals surface area contributed by atoms with Gasteiger partial charge >= 0.3 is 0 Å². The molecule has 1 saturated carbocycles. The Balaban J connectivity index is 2.84. The average molecular weight is 228 g/mol. The lowest BCUT2D eigenvalue weighted by Gasteiger charge is -2.46. The van der Waals surface area contributed by atoms with Crippen LogP contribution in [-0.2, 0) is 4.74 Å². The number of likely N-dealkylation sites (N-methyl/N-ethyl adjacent to an activating group) is 2. The highest BCUT2D eigenvalue weighted by Crippen LogP contribution is 2.38. The third-order valence-electron chi connectivity index (χ3n) is 4.19. The minimum Gasteiger partial charge on any atom is -0.383 e. The van der Waals surface area contributed by atoms with Crippen LogP contribution >= 0.6 is 0 Å². The minimum atomic E-state index is 0.328. The van der Waals surface area contributed by atoms with Gasteiger partial charge in [-0.3, -0.25) is 4.90 Å². The molecule has 1 N–H and O–H groups in total. The molecule has 0 bridgehead atoms. The average Bonchev–Trinajstić information content (AvgIpc) is 2.78. The highest BCUT2D eigenvalue weighted by Gasteiger charge is 2.44. The van der Waals surface area contributed by atoms with Crippen molar-refractivity contribution >= 4 is 0 Å². The molecule has 1 atom stereocenters. The van der Waals surface area contributed by atoms with Crippen molar-refractivity contribution in [3.63, 3.8) is 0 Å². The maximum Gasteiger partial charge on any atom is 0.0633 e. The maximum absolute atomic E-state index is 5.38. The van der Waals surface area contributed by atoms with Crippen molar-refractivity contribution in [2.75, 3.05) is 33.9 Å². The van der Waals surface area contributed by atoms with Gasteiger partial charge in [-0.05, 0) is 33.0 Å². The van der Waals surface area contributed by atoms with E-state index >= 15 is 0 Å². The third-order valence-corrected chi connectivity index (χ3v) is 4.19. The quantitative estimate of drug-likeness (QED) is 0.720. The molecule has 0 aliphatic heterocycles. The van der Waals surface area contributed by atoms with Gasteiger partial charge in [0.2, 0.25) is 0 Å². The number of ether oxygens (including phenoxy) is 1. The monoisotopic (exact) mass is 228 g/mol. The number of hydrogen-bond donors (Lipinski definition) is 1. The Bertz CT molecular complexity index is 186. The van der Waals surface area contributed by atoms with Crippen LogP contribution in [-0.4, -0.2) is 50.3 Å². The summed E-state index contributed by atoms with van der Waals surface area (Å²) in [5.41, 5.74) is 0.328. The lowest BCUT2D eigenvalue weighted by atomic mass is 9.86. The van der Waals surface area contributed by atoms with Crippen molar-refractivity contribution < 1.29 is 4.74 Å². The van der Waals surface area contributed by atoms with Crippen LogP contribution in [0.3, 0.4) is 0 Å². The van der Waals surface area contributed by atoms with Gasteiger partial charge in [-0.1, -0.05) is 26.7 Å². The molecule has 1 rings (SSSR count). The summed E-state index contributed by atoms with van der Waals surface area (Å²) in [5, 5.41) is 3.47. The van der Waals surface area contributed by atoms with E-state index in [1.54, 1.807) is 7.11 Å². The van der Waals surface area contributed by atoms with Gasteiger partial charge in [-0.15, -0.1) is 0 Å². The fourth-order valence-corrected chi connectivity index (χ4v) is 3.40. The standard InChI is InChI=1S/C13H28N2O/c1-5-15(6-2)13(9-7-8-10-13)12(14-3)11-16-4/h12,14H,5-11H2,1-4H3. The first-order chi connectivity index (χ1) is 7.75. The van der Waals surface area contributed by atoms with Gasteiger partial charge in [0.05, 0.1) is 6.61 Å². The molecular weight excluding hydrogens is 200 g/mol. The third kappa shape index (κ3) is 2.58. The molecule has 0 aromatic heterocycles. The first-order valence-corrected chi connectivity index (χ1v) is 6.66. The van der Waals surface area contributed by atoms with E-state index < -0.39 is 0 Å². The number of rotatable bonds is 7. The second kappa shape index (κ2) is 6.58. The van der Waals surface area contributed by atoms with Crippen molar-refractivity contribution in [3.8, 4) is 0 Å². The van der Waals surface area contributed by atoms with Crippen molar-refractivity contribution in [2.45, 2.75) is 51.1 Å². The summed E-state index contributed by atoms with van der Waals surface area (Å²) in [6.07, 6.45) is 5.34. The van der Waals surface area contributed by atoms with E-state index in [0.717, 1.165) is 19.7 Å². The molecule has 0 radical (unpaired) electrons. The van der Waals surface area contributed by atoms with Crippen molar-refractivity contribution in [1.29, 1.82) is 0 Å². The second-order valence-corrected chi connectivity index (χ2v) is 4.78. The van der Waals surface area contributed by atoms with Crippen LogP contribution in [0.1, 0.15) is 39.5 Å². The molecule has 0 aromatic rings. The van der Waals surface area contributed by atoms with Crippen molar-refractivity contribution in [3.05, 3.63) is 0 Å². The molecule has 0 heterocycles. The molecule has 1 aliphatic carbocycles. The van der Waals surface area contributed by atoms with E-state index in [0.29, 0.717) is 11.6 Å². The predicted molar refractivity (Wildman–Crippen MR) is 68.8 cm³/mol. The van der Waals surface area contributed by atoms with E-state index in [-0.39, 0.29) is 0 Å². The van der Waals surface area contributed by atoms with Gasteiger partial charge in [0.15, 0.2) is 0 Å². The van der Waals surface area contributed by atoms with Crippen LogP contribution in [0.15, 0.2) is 0 Å². The van der Waals surface area contributed by atoms with Gasteiger partial charge in [-0.25, -0.2) is 0 Å². The molecule has 1 unspecified atom stereocenters. The summed E-state index contributed by atoms with van der Waals surface area (Å²) < 4.78 is 5.38. The van der Waals surface area contributed by atoms with Crippen molar-refractivity contribution in [1.82, 2.24) is 10.2 Å². The smallest absolute Gasteiger partial charge is 0.0633 e. The minimum absolute atomic E-state index is 0.328. The summed E-state index contributed by atoms with van der Waals surface area (Å²) in [6, 6.07) is 0.458. The molecule has 96 valence electrons. The van der Waals surface area contributed by atoms with E-state index in [9.17, 15) is 0 Å². The lowest BCUT2D eigenvalue weighted by molar-refractivity contribution is 0.0289. The zero-order valence-corrected chi connectivity index (χ0v) is 11.4. The molecule has 0 amide bonds. The first kappa shape index (κ1) is 13.9. The summed E-state index contributed by atoms with van der Waals surface area (Å²) in [4.78, 5) is 2.63. The zero-order chi connectivity index (χ0) is 12.0. The molecule has 1 fully saturated rings. The van der Waals surface area contributed by atoms with Gasteiger partial charge in [0.1, 0.15) is 0 Å². The number of nitrogens with zero attached hydrogens (tertiary/aromatic N) is 1. The van der Waals surface area contributed by atoms with Crippen LogP contribution in [0, 0.1) is 0 Å². The van der Waals surface area contributed by atoms with Gasteiger partial charge in [0, 0.05) is 18.7 Å². The van der Waals surface area contributed by atoms with Crippen molar-refractivity contribution in [2.24, 2.45) is 0 Å². The molecule has 16 heavy (non-hydrogen) atoms. The molecule has 0 spiro atoms. The summed E-state index contributed by atoms with van der Waals surface area (Å²) in [5.74, 6) is 0. The normalized spacial score (nSPS) is 21.6. The van der Waals surface area contributed by atoms with Crippen LogP contribution in [0.25, 0.3) is 0 Å². The Kier molecular flexibility index (Phi) is 5.73. The summed E-state index contributed by atoms with van der Waals surface area (Å²) >= 11 is 0. The molecule has 0 saturated heterocycles. The fourth-order valence-electron chi connectivity index (χ4n) is 3.40. The molecule has 3 heteroatoms. The van der Waals surface area contributed by atoms with Gasteiger partial charge in [-0.2, -0.15) is 0 Å². The van der Waals surface area contributed by atoms with E-state index in [4.69, 9.17) is 4.74 Å². The Hall–Kier alpha value is -0.120. The lowest BCUT2D eigenvalue weighted by Crippen LogP contribution is -2.60. The van der Waals surface area contributed by atoms with Crippen LogP contribution < -0.4 is 5.32 Å². The Morgan fingerprint density at radius 2 is 1.81 bits per heavy atom. The SMILES string of the molecule is CCN(CC)C1(C(COC)NC)CCCC1. The molecule has 0 aromatic carbocycles. The van der Waals surface area contributed by atoms with Crippen LogP contribution in [0.2, 0.25) is 0 Å².